The number of benzene rings is 1. The Morgan fingerprint density at radius 2 is 2.00 bits per heavy atom. The first-order valence-electron chi connectivity index (χ1n) is 8.73. The number of hydrogen-bond acceptors (Lipinski definition) is 2. The number of rotatable bonds is 3. The van der Waals surface area contributed by atoms with Crippen LogP contribution in [-0.2, 0) is 6.42 Å². The molecule has 0 radical (unpaired) electrons. The van der Waals surface area contributed by atoms with Gasteiger partial charge in [0.05, 0.1) is 0 Å². The molecule has 116 valence electrons. The molecule has 0 spiro atoms. The van der Waals surface area contributed by atoms with E-state index < -0.39 is 0 Å². The van der Waals surface area contributed by atoms with Crippen molar-refractivity contribution in [1.82, 2.24) is 0 Å². The summed E-state index contributed by atoms with van der Waals surface area (Å²) < 4.78 is 0. The molecular weight excluding hydrogens is 256 g/mol. The minimum absolute atomic E-state index is 0.525. The second kappa shape index (κ2) is 6.39. The van der Waals surface area contributed by atoms with E-state index in [4.69, 9.17) is 5.73 Å². The molecule has 1 aliphatic heterocycles. The maximum atomic E-state index is 6.24. The summed E-state index contributed by atoms with van der Waals surface area (Å²) in [6.45, 7) is 6.74. The Balaban J connectivity index is 1.86. The molecule has 2 N–H and O–H groups in total. The fourth-order valence-electron chi connectivity index (χ4n) is 4.56. The molecule has 2 nitrogen and oxygen atoms in total. The number of nitrogens with zero attached hydrogens (tertiary/aromatic N) is 1. The Bertz CT molecular complexity index is 470. The van der Waals surface area contributed by atoms with E-state index in [0.29, 0.717) is 6.04 Å². The monoisotopic (exact) mass is 286 g/mol. The molecule has 2 aliphatic rings. The highest BCUT2D eigenvalue weighted by Crippen LogP contribution is 2.37. The fraction of sp³-hybridized carbons (Fsp3) is 0.684. The van der Waals surface area contributed by atoms with Crippen LogP contribution in [0.5, 0.6) is 0 Å². The summed E-state index contributed by atoms with van der Waals surface area (Å²) in [6.07, 6.45) is 6.72. The zero-order valence-electron chi connectivity index (χ0n) is 13.6. The number of fused-ring (bicyclic) bond motifs is 1. The number of nitrogens with two attached hydrogens (primary N) is 1. The van der Waals surface area contributed by atoms with E-state index in [0.717, 1.165) is 24.3 Å². The highest BCUT2D eigenvalue weighted by Gasteiger charge is 2.33. The first-order valence-corrected chi connectivity index (χ1v) is 8.73. The number of anilines is 1. The van der Waals surface area contributed by atoms with E-state index >= 15 is 0 Å². The van der Waals surface area contributed by atoms with E-state index in [9.17, 15) is 0 Å². The Hall–Kier alpha value is -1.02. The average Bonchev–Trinajstić information content (AvgIpc) is 2.48. The third kappa shape index (κ3) is 3.11. The van der Waals surface area contributed by atoms with Crippen LogP contribution in [0.15, 0.2) is 24.3 Å². The predicted molar refractivity (Wildman–Crippen MR) is 90.6 cm³/mol. The molecule has 0 aromatic heterocycles. The largest absolute Gasteiger partial charge is 0.366 e. The first-order chi connectivity index (χ1) is 10.2. The van der Waals surface area contributed by atoms with E-state index in [1.54, 1.807) is 0 Å². The maximum absolute atomic E-state index is 6.24. The van der Waals surface area contributed by atoms with E-state index in [-0.39, 0.29) is 0 Å². The van der Waals surface area contributed by atoms with Crippen LogP contribution in [-0.4, -0.2) is 19.1 Å². The first kappa shape index (κ1) is 14.9. The van der Waals surface area contributed by atoms with Crippen LogP contribution in [0.3, 0.4) is 0 Å². The van der Waals surface area contributed by atoms with Crippen molar-refractivity contribution >= 4 is 5.69 Å². The van der Waals surface area contributed by atoms with Crippen LogP contribution in [0.4, 0.5) is 5.69 Å². The topological polar surface area (TPSA) is 29.3 Å². The molecular formula is C19H30N2. The quantitative estimate of drug-likeness (QED) is 0.915. The molecule has 0 bridgehead atoms. The highest BCUT2D eigenvalue weighted by molar-refractivity contribution is 5.56. The summed E-state index contributed by atoms with van der Waals surface area (Å²) in [5.41, 5.74) is 9.20. The van der Waals surface area contributed by atoms with Gasteiger partial charge in [-0.05, 0) is 48.6 Å². The van der Waals surface area contributed by atoms with E-state index in [2.05, 4.69) is 43.0 Å². The normalized spacial score (nSPS) is 30.8. The Morgan fingerprint density at radius 1 is 1.19 bits per heavy atom. The lowest BCUT2D eigenvalue weighted by molar-refractivity contribution is 0.237. The van der Waals surface area contributed by atoms with Crippen LogP contribution >= 0.6 is 0 Å². The standard InChI is InChI=1S/C19H30N2/c1-14-6-5-8-17(10-14)19(12-20)21-13-15(2)11-16-7-3-4-9-18(16)21/h3-4,7,9,14-15,17,19H,5-6,8,10-13,20H2,1-2H3. The van der Waals surface area contributed by atoms with Gasteiger partial charge in [0.1, 0.15) is 0 Å². The average molecular weight is 286 g/mol. The van der Waals surface area contributed by atoms with Crippen molar-refractivity contribution in [3.8, 4) is 0 Å². The highest BCUT2D eigenvalue weighted by atomic mass is 15.2. The van der Waals surface area contributed by atoms with Gasteiger partial charge < -0.3 is 10.6 Å². The zero-order valence-corrected chi connectivity index (χ0v) is 13.6. The SMILES string of the molecule is CC1CCCC(C(CN)N2CC(C)Cc3ccccc32)C1. The number of para-hydroxylation sites is 1. The maximum Gasteiger partial charge on any atom is 0.0440 e. The van der Waals surface area contributed by atoms with Crippen LogP contribution in [0.1, 0.15) is 45.1 Å². The van der Waals surface area contributed by atoms with Crippen molar-refractivity contribution in [2.45, 2.75) is 52.0 Å². The molecule has 2 heteroatoms. The van der Waals surface area contributed by atoms with Gasteiger partial charge in [0.2, 0.25) is 0 Å². The van der Waals surface area contributed by atoms with Gasteiger partial charge >= 0.3 is 0 Å². The molecule has 3 rings (SSSR count). The Labute approximate surface area is 129 Å². The van der Waals surface area contributed by atoms with Crippen molar-refractivity contribution in [2.75, 3.05) is 18.0 Å². The third-order valence-corrected chi connectivity index (χ3v) is 5.54. The van der Waals surface area contributed by atoms with Gasteiger partial charge in [0, 0.05) is 24.8 Å². The zero-order chi connectivity index (χ0) is 14.8. The van der Waals surface area contributed by atoms with Gasteiger partial charge in [-0.1, -0.05) is 44.9 Å². The smallest absolute Gasteiger partial charge is 0.0440 e. The fourth-order valence-corrected chi connectivity index (χ4v) is 4.56. The molecule has 1 fully saturated rings. The van der Waals surface area contributed by atoms with Crippen LogP contribution in [0.25, 0.3) is 0 Å². The summed E-state index contributed by atoms with van der Waals surface area (Å²) >= 11 is 0. The van der Waals surface area contributed by atoms with Crippen molar-refractivity contribution in [3.05, 3.63) is 29.8 Å². The van der Waals surface area contributed by atoms with Crippen LogP contribution in [0.2, 0.25) is 0 Å². The van der Waals surface area contributed by atoms with Crippen LogP contribution < -0.4 is 10.6 Å². The van der Waals surface area contributed by atoms with Gasteiger partial charge in [-0.25, -0.2) is 0 Å². The lowest BCUT2D eigenvalue weighted by Gasteiger charge is -2.45. The summed E-state index contributed by atoms with van der Waals surface area (Å²) in [5, 5.41) is 0. The van der Waals surface area contributed by atoms with Crippen molar-refractivity contribution in [3.63, 3.8) is 0 Å². The molecule has 1 aromatic rings. The minimum Gasteiger partial charge on any atom is -0.366 e. The molecule has 21 heavy (non-hydrogen) atoms. The third-order valence-electron chi connectivity index (χ3n) is 5.54. The molecule has 0 amide bonds. The van der Waals surface area contributed by atoms with Gasteiger partial charge in [0.25, 0.3) is 0 Å². The molecule has 1 aromatic carbocycles. The molecule has 4 unspecified atom stereocenters. The van der Waals surface area contributed by atoms with Gasteiger partial charge in [-0.15, -0.1) is 0 Å². The van der Waals surface area contributed by atoms with Crippen LogP contribution in [0, 0.1) is 17.8 Å². The Morgan fingerprint density at radius 3 is 2.76 bits per heavy atom. The van der Waals surface area contributed by atoms with E-state index in [1.165, 1.54) is 49.9 Å². The minimum atomic E-state index is 0.525. The molecule has 1 aliphatic carbocycles. The van der Waals surface area contributed by atoms with Gasteiger partial charge in [-0.2, -0.15) is 0 Å². The molecule has 1 saturated carbocycles. The molecule has 4 atom stereocenters. The second-order valence-electron chi connectivity index (χ2n) is 7.43. The van der Waals surface area contributed by atoms with Crippen molar-refractivity contribution in [2.24, 2.45) is 23.5 Å². The van der Waals surface area contributed by atoms with Gasteiger partial charge in [0.15, 0.2) is 0 Å². The summed E-state index contributed by atoms with van der Waals surface area (Å²) in [5.74, 6) is 2.38. The molecule has 0 saturated heterocycles. The summed E-state index contributed by atoms with van der Waals surface area (Å²) in [4.78, 5) is 2.65. The number of hydrogen-bond donors (Lipinski definition) is 1. The Kier molecular flexibility index (Phi) is 4.54. The second-order valence-corrected chi connectivity index (χ2v) is 7.43. The van der Waals surface area contributed by atoms with E-state index in [1.807, 2.05) is 0 Å². The van der Waals surface area contributed by atoms with Crippen molar-refractivity contribution in [1.29, 1.82) is 0 Å². The molecule has 1 heterocycles. The van der Waals surface area contributed by atoms with Crippen molar-refractivity contribution < 1.29 is 0 Å². The van der Waals surface area contributed by atoms with Gasteiger partial charge in [-0.3, -0.25) is 0 Å². The summed E-state index contributed by atoms with van der Waals surface area (Å²) in [7, 11) is 0. The predicted octanol–water partition coefficient (Wildman–Crippen LogP) is 3.84. The summed E-state index contributed by atoms with van der Waals surface area (Å²) in [6, 6.07) is 9.48. The lowest BCUT2D eigenvalue weighted by atomic mass is 9.77. The lowest BCUT2D eigenvalue weighted by Crippen LogP contribution is -2.50.